The molecule has 2 amide bonds. The number of nitrogens with zero attached hydrogens (tertiary/aromatic N) is 1. The van der Waals surface area contributed by atoms with Gasteiger partial charge in [-0.05, 0) is 48.7 Å². The predicted molar refractivity (Wildman–Crippen MR) is 115 cm³/mol. The molecule has 150 valence electrons. The first kappa shape index (κ1) is 22.5. The van der Waals surface area contributed by atoms with Crippen molar-refractivity contribution >= 4 is 46.6 Å². The largest absolute Gasteiger partial charge is 0.354 e. The van der Waals surface area contributed by atoms with Crippen molar-refractivity contribution < 1.29 is 9.59 Å². The molecular weight excluding hydrogens is 419 g/mol. The first-order valence-corrected chi connectivity index (χ1v) is 10.2. The third-order valence-corrected chi connectivity index (χ3v) is 5.27. The molecule has 0 bridgehead atoms. The fourth-order valence-electron chi connectivity index (χ4n) is 2.74. The molecule has 0 aliphatic rings. The SMILES string of the molecule is CCCNC(=O)C(C)N(Cc1ccc(Cl)c(Cl)c1)C(=O)Cc1cccc(Cl)c1. The Hall–Kier alpha value is -1.75. The van der Waals surface area contributed by atoms with Crippen LogP contribution in [-0.4, -0.2) is 29.3 Å². The second-order valence-electron chi connectivity index (χ2n) is 6.54. The number of carbonyl (C=O) groups excluding carboxylic acids is 2. The molecule has 0 fully saturated rings. The number of carbonyl (C=O) groups is 2. The fraction of sp³-hybridized carbons (Fsp3) is 0.333. The summed E-state index contributed by atoms with van der Waals surface area (Å²) in [6.45, 7) is 4.50. The average Bonchev–Trinajstić information content (AvgIpc) is 2.66. The number of hydrogen-bond acceptors (Lipinski definition) is 2. The molecule has 1 unspecified atom stereocenters. The Morgan fingerprint density at radius 2 is 1.79 bits per heavy atom. The quantitative estimate of drug-likeness (QED) is 0.617. The summed E-state index contributed by atoms with van der Waals surface area (Å²) in [6, 6.07) is 11.7. The van der Waals surface area contributed by atoms with Gasteiger partial charge in [0, 0.05) is 18.1 Å². The molecule has 7 heteroatoms. The second-order valence-corrected chi connectivity index (χ2v) is 7.79. The van der Waals surface area contributed by atoms with Crippen molar-refractivity contribution in [3.05, 3.63) is 68.7 Å². The lowest BCUT2D eigenvalue weighted by Gasteiger charge is -2.29. The Bertz CT molecular complexity index is 842. The van der Waals surface area contributed by atoms with E-state index in [0.29, 0.717) is 21.6 Å². The molecule has 0 saturated carbocycles. The van der Waals surface area contributed by atoms with E-state index in [4.69, 9.17) is 34.8 Å². The summed E-state index contributed by atoms with van der Waals surface area (Å²) >= 11 is 18.1. The van der Waals surface area contributed by atoms with Gasteiger partial charge in [0.05, 0.1) is 16.5 Å². The molecule has 0 heterocycles. The summed E-state index contributed by atoms with van der Waals surface area (Å²) in [4.78, 5) is 27.1. The first-order valence-electron chi connectivity index (χ1n) is 9.07. The van der Waals surface area contributed by atoms with Gasteiger partial charge in [-0.2, -0.15) is 0 Å². The Labute approximate surface area is 180 Å². The highest BCUT2D eigenvalue weighted by Crippen LogP contribution is 2.24. The zero-order valence-corrected chi connectivity index (χ0v) is 18.1. The van der Waals surface area contributed by atoms with Gasteiger partial charge in [0.1, 0.15) is 6.04 Å². The number of amides is 2. The molecular formula is C21H23Cl3N2O2. The van der Waals surface area contributed by atoms with E-state index >= 15 is 0 Å². The maximum absolute atomic E-state index is 13.0. The fourth-order valence-corrected chi connectivity index (χ4v) is 3.27. The molecule has 0 aliphatic heterocycles. The summed E-state index contributed by atoms with van der Waals surface area (Å²) in [5, 5.41) is 4.26. The van der Waals surface area contributed by atoms with E-state index in [-0.39, 0.29) is 24.8 Å². The first-order chi connectivity index (χ1) is 13.3. The van der Waals surface area contributed by atoms with Crippen molar-refractivity contribution in [3.63, 3.8) is 0 Å². The lowest BCUT2D eigenvalue weighted by atomic mass is 10.1. The number of rotatable bonds is 8. The van der Waals surface area contributed by atoms with Gasteiger partial charge in [-0.3, -0.25) is 9.59 Å². The number of halogens is 3. The molecule has 4 nitrogen and oxygen atoms in total. The van der Waals surface area contributed by atoms with Gasteiger partial charge in [-0.1, -0.05) is 59.9 Å². The number of hydrogen-bond donors (Lipinski definition) is 1. The number of nitrogens with one attached hydrogen (secondary N) is 1. The Kier molecular flexibility index (Phi) is 8.61. The zero-order chi connectivity index (χ0) is 20.7. The molecule has 28 heavy (non-hydrogen) atoms. The Morgan fingerprint density at radius 1 is 1.04 bits per heavy atom. The van der Waals surface area contributed by atoms with Gasteiger partial charge in [0.15, 0.2) is 0 Å². The number of benzene rings is 2. The molecule has 0 aliphatic carbocycles. The molecule has 0 aromatic heterocycles. The van der Waals surface area contributed by atoms with Crippen LogP contribution in [0.25, 0.3) is 0 Å². The molecule has 2 rings (SSSR count). The average molecular weight is 442 g/mol. The third kappa shape index (κ3) is 6.40. The van der Waals surface area contributed by atoms with Crippen LogP contribution in [0.4, 0.5) is 0 Å². The monoisotopic (exact) mass is 440 g/mol. The molecule has 0 spiro atoms. The Balaban J connectivity index is 2.24. The van der Waals surface area contributed by atoms with Gasteiger partial charge in [-0.15, -0.1) is 0 Å². The van der Waals surface area contributed by atoms with E-state index in [9.17, 15) is 9.59 Å². The van der Waals surface area contributed by atoms with E-state index < -0.39 is 6.04 Å². The normalized spacial score (nSPS) is 11.8. The van der Waals surface area contributed by atoms with E-state index in [1.165, 1.54) is 0 Å². The summed E-state index contributed by atoms with van der Waals surface area (Å²) in [6.07, 6.45) is 0.967. The van der Waals surface area contributed by atoms with Crippen molar-refractivity contribution in [1.82, 2.24) is 10.2 Å². The van der Waals surface area contributed by atoms with Crippen LogP contribution in [-0.2, 0) is 22.6 Å². The maximum Gasteiger partial charge on any atom is 0.242 e. The summed E-state index contributed by atoms with van der Waals surface area (Å²) in [7, 11) is 0. The lowest BCUT2D eigenvalue weighted by molar-refractivity contribution is -0.140. The maximum atomic E-state index is 13.0. The molecule has 2 aromatic carbocycles. The van der Waals surface area contributed by atoms with Crippen LogP contribution in [0.3, 0.4) is 0 Å². The van der Waals surface area contributed by atoms with Gasteiger partial charge in [-0.25, -0.2) is 0 Å². The summed E-state index contributed by atoms with van der Waals surface area (Å²) < 4.78 is 0. The highest BCUT2D eigenvalue weighted by Gasteiger charge is 2.26. The van der Waals surface area contributed by atoms with Gasteiger partial charge < -0.3 is 10.2 Å². The standard InChI is InChI=1S/C21H23Cl3N2O2/c1-3-9-25-21(28)14(2)26(13-16-7-8-18(23)19(24)11-16)20(27)12-15-5-4-6-17(22)10-15/h4-8,10-11,14H,3,9,12-13H2,1-2H3,(H,25,28). The van der Waals surface area contributed by atoms with E-state index in [1.54, 1.807) is 48.2 Å². The topological polar surface area (TPSA) is 49.4 Å². The predicted octanol–water partition coefficient (Wildman–Crippen LogP) is 5.13. The molecule has 0 saturated heterocycles. The van der Waals surface area contributed by atoms with Crippen molar-refractivity contribution in [2.75, 3.05) is 6.54 Å². The van der Waals surface area contributed by atoms with Crippen LogP contribution >= 0.6 is 34.8 Å². The minimum Gasteiger partial charge on any atom is -0.354 e. The summed E-state index contributed by atoms with van der Waals surface area (Å²) in [5.41, 5.74) is 1.58. The van der Waals surface area contributed by atoms with Crippen LogP contribution < -0.4 is 5.32 Å². The second kappa shape index (κ2) is 10.7. The molecule has 0 radical (unpaired) electrons. The highest BCUT2D eigenvalue weighted by atomic mass is 35.5. The zero-order valence-electron chi connectivity index (χ0n) is 15.8. The third-order valence-electron chi connectivity index (χ3n) is 4.30. The molecule has 1 N–H and O–H groups in total. The van der Waals surface area contributed by atoms with E-state index in [2.05, 4.69) is 5.32 Å². The van der Waals surface area contributed by atoms with Crippen molar-refractivity contribution in [2.24, 2.45) is 0 Å². The lowest BCUT2D eigenvalue weighted by Crippen LogP contribution is -2.48. The smallest absolute Gasteiger partial charge is 0.242 e. The van der Waals surface area contributed by atoms with Crippen LogP contribution in [0, 0.1) is 0 Å². The van der Waals surface area contributed by atoms with Gasteiger partial charge in [0.2, 0.25) is 11.8 Å². The summed E-state index contributed by atoms with van der Waals surface area (Å²) in [5.74, 6) is -0.367. The van der Waals surface area contributed by atoms with Crippen LogP contribution in [0.1, 0.15) is 31.4 Å². The molecule has 1 atom stereocenters. The van der Waals surface area contributed by atoms with Crippen molar-refractivity contribution in [2.45, 2.75) is 39.3 Å². The highest BCUT2D eigenvalue weighted by molar-refractivity contribution is 6.42. The van der Waals surface area contributed by atoms with Crippen molar-refractivity contribution in [3.8, 4) is 0 Å². The van der Waals surface area contributed by atoms with Crippen LogP contribution in [0.2, 0.25) is 15.1 Å². The van der Waals surface area contributed by atoms with Crippen LogP contribution in [0.15, 0.2) is 42.5 Å². The Morgan fingerprint density at radius 3 is 2.43 bits per heavy atom. The van der Waals surface area contributed by atoms with E-state index in [0.717, 1.165) is 17.5 Å². The minimum atomic E-state index is -0.632. The van der Waals surface area contributed by atoms with E-state index in [1.807, 2.05) is 13.0 Å². The van der Waals surface area contributed by atoms with Gasteiger partial charge >= 0.3 is 0 Å². The minimum absolute atomic E-state index is 0.146. The van der Waals surface area contributed by atoms with Crippen molar-refractivity contribution in [1.29, 1.82) is 0 Å². The molecule has 2 aromatic rings. The van der Waals surface area contributed by atoms with Gasteiger partial charge in [0.25, 0.3) is 0 Å². The van der Waals surface area contributed by atoms with Crippen LogP contribution in [0.5, 0.6) is 0 Å².